The molecule has 2 rings (SSSR count). The lowest BCUT2D eigenvalue weighted by atomic mass is 10.1. The van der Waals surface area contributed by atoms with Crippen LogP contribution in [0.4, 0.5) is 10.5 Å². The minimum Gasteiger partial charge on any atom is -0.394 e. The number of anilines is 1. The Morgan fingerprint density at radius 3 is 2.85 bits per heavy atom. The summed E-state index contributed by atoms with van der Waals surface area (Å²) in [6, 6.07) is 4.88. The number of hydrogen-bond donors (Lipinski definition) is 3. The van der Waals surface area contributed by atoms with Crippen molar-refractivity contribution in [3.05, 3.63) is 29.3 Å². The molecule has 1 atom stereocenters. The topological polar surface area (TPSA) is 90.9 Å². The Hall–Kier alpha value is -2.12. The van der Waals surface area contributed by atoms with Gasteiger partial charge in [-0.15, -0.1) is 0 Å². The molecule has 3 N–H and O–H groups in total. The van der Waals surface area contributed by atoms with E-state index in [9.17, 15) is 14.7 Å². The summed E-state index contributed by atoms with van der Waals surface area (Å²) in [5, 5.41) is 15.3. The first-order valence-corrected chi connectivity index (χ1v) is 9.13. The maximum atomic E-state index is 12.7. The number of carbonyl (C=O) groups excluding carboxylic acids is 2. The number of benzene rings is 1. The quantitative estimate of drug-likeness (QED) is 0.676. The molecule has 1 saturated heterocycles. The molecule has 7 heteroatoms. The number of nitrogens with one attached hydrogen (secondary N) is 2. The van der Waals surface area contributed by atoms with Gasteiger partial charge in [0, 0.05) is 31.5 Å². The number of likely N-dealkylation sites (tertiary alicyclic amines) is 1. The number of aliphatic hydroxyl groups excluding tert-OH is 1. The standard InChI is InChI=1S/C19H29N3O4/c1-14-16(18(24)20-10-12-26-2)8-6-9-17(14)21-19(25)22-11-5-3-4-7-15(22)13-23/h6,8-9,15,23H,3-5,7,10-13H2,1-2H3,(H,20,24)(H,21,25). The Morgan fingerprint density at radius 2 is 2.12 bits per heavy atom. The average molecular weight is 363 g/mol. The summed E-state index contributed by atoms with van der Waals surface area (Å²) >= 11 is 0. The van der Waals surface area contributed by atoms with E-state index in [1.165, 1.54) is 0 Å². The maximum absolute atomic E-state index is 12.7. The number of ether oxygens (including phenoxy) is 1. The fourth-order valence-corrected chi connectivity index (χ4v) is 3.20. The molecular formula is C19H29N3O4. The van der Waals surface area contributed by atoms with Gasteiger partial charge < -0.3 is 25.4 Å². The number of rotatable bonds is 6. The predicted molar refractivity (Wildman–Crippen MR) is 100 cm³/mol. The first-order valence-electron chi connectivity index (χ1n) is 9.13. The highest BCUT2D eigenvalue weighted by Crippen LogP contribution is 2.22. The van der Waals surface area contributed by atoms with Gasteiger partial charge in [0.05, 0.1) is 19.3 Å². The number of methoxy groups -OCH3 is 1. The van der Waals surface area contributed by atoms with Crippen molar-refractivity contribution in [1.29, 1.82) is 0 Å². The third-order valence-electron chi connectivity index (χ3n) is 4.76. The van der Waals surface area contributed by atoms with Crippen LogP contribution in [0.1, 0.15) is 41.6 Å². The highest BCUT2D eigenvalue weighted by atomic mass is 16.5. The van der Waals surface area contributed by atoms with E-state index in [0.29, 0.717) is 36.5 Å². The maximum Gasteiger partial charge on any atom is 0.322 e. The summed E-state index contributed by atoms with van der Waals surface area (Å²) < 4.78 is 4.94. The van der Waals surface area contributed by atoms with Crippen LogP contribution in [0.3, 0.4) is 0 Å². The van der Waals surface area contributed by atoms with Crippen LogP contribution < -0.4 is 10.6 Å². The number of carbonyl (C=O) groups is 2. The van der Waals surface area contributed by atoms with E-state index in [1.54, 1.807) is 30.2 Å². The monoisotopic (exact) mass is 363 g/mol. The Morgan fingerprint density at radius 1 is 1.31 bits per heavy atom. The molecule has 1 aliphatic rings. The van der Waals surface area contributed by atoms with E-state index in [0.717, 1.165) is 25.7 Å². The van der Waals surface area contributed by atoms with Crippen LogP contribution in [0.5, 0.6) is 0 Å². The lowest BCUT2D eigenvalue weighted by molar-refractivity contribution is 0.0936. The molecule has 1 fully saturated rings. The minimum atomic E-state index is -0.231. The summed E-state index contributed by atoms with van der Waals surface area (Å²) in [5.74, 6) is -0.196. The lowest BCUT2D eigenvalue weighted by Gasteiger charge is -2.29. The zero-order valence-electron chi connectivity index (χ0n) is 15.6. The fourth-order valence-electron chi connectivity index (χ4n) is 3.20. The van der Waals surface area contributed by atoms with Gasteiger partial charge in [-0.3, -0.25) is 4.79 Å². The van der Waals surface area contributed by atoms with Gasteiger partial charge in [0.25, 0.3) is 5.91 Å². The van der Waals surface area contributed by atoms with Gasteiger partial charge in [-0.05, 0) is 37.5 Å². The van der Waals surface area contributed by atoms with Gasteiger partial charge in [0.1, 0.15) is 0 Å². The molecule has 7 nitrogen and oxygen atoms in total. The van der Waals surface area contributed by atoms with Gasteiger partial charge in [0.2, 0.25) is 0 Å². The molecule has 0 saturated carbocycles. The number of amides is 3. The minimum absolute atomic E-state index is 0.0334. The molecule has 0 radical (unpaired) electrons. The van der Waals surface area contributed by atoms with Crippen LogP contribution in [0.25, 0.3) is 0 Å². The summed E-state index contributed by atoms with van der Waals surface area (Å²) in [4.78, 5) is 26.7. The molecule has 1 aromatic rings. The average Bonchev–Trinajstić information content (AvgIpc) is 2.89. The molecule has 0 spiro atoms. The molecule has 0 aliphatic carbocycles. The Kier molecular flexibility index (Phi) is 7.87. The molecular weight excluding hydrogens is 334 g/mol. The van der Waals surface area contributed by atoms with E-state index in [2.05, 4.69) is 10.6 Å². The van der Waals surface area contributed by atoms with E-state index in [1.807, 2.05) is 6.92 Å². The Balaban J connectivity index is 2.09. The second kappa shape index (κ2) is 10.1. The molecule has 0 aromatic heterocycles. The zero-order chi connectivity index (χ0) is 18.9. The lowest BCUT2D eigenvalue weighted by Crippen LogP contribution is -2.44. The van der Waals surface area contributed by atoms with Crippen LogP contribution in [-0.2, 0) is 4.74 Å². The highest BCUT2D eigenvalue weighted by molar-refractivity contribution is 5.99. The number of urea groups is 1. The van der Waals surface area contributed by atoms with E-state index in [4.69, 9.17) is 4.74 Å². The van der Waals surface area contributed by atoms with Crippen LogP contribution in [-0.4, -0.2) is 61.4 Å². The Labute approximate surface area is 154 Å². The summed E-state index contributed by atoms with van der Waals surface area (Å²) in [6.07, 6.45) is 3.83. The van der Waals surface area contributed by atoms with Crippen molar-refractivity contribution in [2.24, 2.45) is 0 Å². The predicted octanol–water partition coefficient (Wildman–Crippen LogP) is 2.14. The molecule has 3 amide bonds. The van der Waals surface area contributed by atoms with E-state index in [-0.39, 0.29) is 24.6 Å². The second-order valence-corrected chi connectivity index (χ2v) is 6.54. The van der Waals surface area contributed by atoms with Gasteiger partial charge in [-0.2, -0.15) is 0 Å². The molecule has 0 bridgehead atoms. The molecule has 144 valence electrons. The van der Waals surface area contributed by atoms with Gasteiger partial charge >= 0.3 is 6.03 Å². The third kappa shape index (κ3) is 5.19. The van der Waals surface area contributed by atoms with Gasteiger partial charge in [-0.25, -0.2) is 4.79 Å². The second-order valence-electron chi connectivity index (χ2n) is 6.54. The molecule has 1 heterocycles. The molecule has 26 heavy (non-hydrogen) atoms. The molecule has 1 aliphatic heterocycles. The third-order valence-corrected chi connectivity index (χ3v) is 4.76. The fraction of sp³-hybridized carbons (Fsp3) is 0.579. The zero-order valence-corrected chi connectivity index (χ0v) is 15.6. The van der Waals surface area contributed by atoms with Gasteiger partial charge in [-0.1, -0.05) is 18.9 Å². The largest absolute Gasteiger partial charge is 0.394 e. The van der Waals surface area contributed by atoms with Crippen LogP contribution in [0.15, 0.2) is 18.2 Å². The number of nitrogens with zero attached hydrogens (tertiary/aromatic N) is 1. The van der Waals surface area contributed by atoms with Crippen molar-refractivity contribution in [3.63, 3.8) is 0 Å². The smallest absolute Gasteiger partial charge is 0.322 e. The van der Waals surface area contributed by atoms with E-state index >= 15 is 0 Å². The van der Waals surface area contributed by atoms with Gasteiger partial charge in [0.15, 0.2) is 0 Å². The molecule has 1 aromatic carbocycles. The van der Waals surface area contributed by atoms with Crippen molar-refractivity contribution in [2.75, 3.05) is 38.7 Å². The summed E-state index contributed by atoms with van der Waals surface area (Å²) in [5.41, 5.74) is 1.84. The summed E-state index contributed by atoms with van der Waals surface area (Å²) in [6.45, 7) is 3.28. The first-order chi connectivity index (χ1) is 12.6. The first kappa shape index (κ1) is 20.2. The Bertz CT molecular complexity index is 621. The van der Waals surface area contributed by atoms with Crippen LogP contribution in [0.2, 0.25) is 0 Å². The number of hydrogen-bond acceptors (Lipinski definition) is 4. The molecule has 1 unspecified atom stereocenters. The highest BCUT2D eigenvalue weighted by Gasteiger charge is 2.25. The van der Waals surface area contributed by atoms with Crippen LogP contribution in [0, 0.1) is 6.92 Å². The van der Waals surface area contributed by atoms with Crippen molar-refractivity contribution in [3.8, 4) is 0 Å². The van der Waals surface area contributed by atoms with E-state index < -0.39 is 0 Å². The van der Waals surface area contributed by atoms with Crippen molar-refractivity contribution in [2.45, 2.75) is 38.6 Å². The van der Waals surface area contributed by atoms with Crippen molar-refractivity contribution < 1.29 is 19.4 Å². The normalized spacial score (nSPS) is 17.5. The number of aliphatic hydroxyl groups is 1. The van der Waals surface area contributed by atoms with Crippen molar-refractivity contribution in [1.82, 2.24) is 10.2 Å². The summed E-state index contributed by atoms with van der Waals surface area (Å²) in [7, 11) is 1.58. The van der Waals surface area contributed by atoms with Crippen molar-refractivity contribution >= 4 is 17.6 Å². The SMILES string of the molecule is COCCNC(=O)c1cccc(NC(=O)N2CCCCCC2CO)c1C. The van der Waals surface area contributed by atoms with Crippen LogP contribution >= 0.6 is 0 Å².